The maximum atomic E-state index is 12.6. The third kappa shape index (κ3) is 4.49. The Morgan fingerprint density at radius 1 is 1.23 bits per heavy atom. The lowest BCUT2D eigenvalue weighted by molar-refractivity contribution is -0.384. The molecule has 0 radical (unpaired) electrons. The maximum absolute atomic E-state index is 12.6. The summed E-state index contributed by atoms with van der Waals surface area (Å²) in [4.78, 5) is 48.3. The monoisotopic (exact) mass is 428 g/mol. The molecule has 1 heterocycles. The van der Waals surface area contributed by atoms with E-state index in [1.807, 2.05) is 0 Å². The Morgan fingerprint density at radius 3 is 2.57 bits per heavy atom. The molecule has 1 saturated heterocycles. The van der Waals surface area contributed by atoms with Gasteiger partial charge in [-0.15, -0.1) is 0 Å². The molecule has 1 N–H and O–H groups in total. The normalized spacial score (nSPS) is 15.0. The highest BCUT2D eigenvalue weighted by molar-refractivity contribution is 8.18. The van der Waals surface area contributed by atoms with Gasteiger partial charge in [0.15, 0.2) is 17.3 Å². The molecule has 0 aliphatic carbocycles. The molecule has 1 aliphatic rings. The second kappa shape index (κ2) is 8.78. The first-order valence-corrected chi connectivity index (χ1v) is 9.60. The molecular weight excluding hydrogens is 412 g/mol. The summed E-state index contributed by atoms with van der Waals surface area (Å²) in [6.45, 7) is 1.64. The number of phenols is 1. The summed E-state index contributed by atoms with van der Waals surface area (Å²) in [5, 5.41) is 19.9. The average Bonchev–Trinajstić information content (AvgIpc) is 2.98. The zero-order valence-electron chi connectivity index (χ0n) is 15.7. The Hall–Kier alpha value is -3.66. The molecule has 2 aromatic rings. The Balaban J connectivity index is 1.76. The predicted molar refractivity (Wildman–Crippen MR) is 109 cm³/mol. The number of nitrogens with zero attached hydrogens (tertiary/aromatic N) is 2. The van der Waals surface area contributed by atoms with Crippen molar-refractivity contribution in [3.63, 3.8) is 0 Å². The van der Waals surface area contributed by atoms with E-state index in [-0.39, 0.29) is 27.7 Å². The summed E-state index contributed by atoms with van der Waals surface area (Å²) < 4.78 is 5.30. The van der Waals surface area contributed by atoms with Gasteiger partial charge in [0.1, 0.15) is 0 Å². The third-order valence-electron chi connectivity index (χ3n) is 4.16. The van der Waals surface area contributed by atoms with E-state index in [0.717, 1.165) is 4.90 Å². The van der Waals surface area contributed by atoms with Crippen LogP contribution in [0.2, 0.25) is 0 Å². The summed E-state index contributed by atoms with van der Waals surface area (Å²) in [7, 11) is 0. The second-order valence-electron chi connectivity index (χ2n) is 6.16. The molecule has 0 saturated carbocycles. The molecular formula is C20H16N2O7S. The first kappa shape index (κ1) is 21.1. The lowest BCUT2D eigenvalue weighted by atomic mass is 10.1. The lowest BCUT2D eigenvalue weighted by Gasteiger charge is -2.11. The van der Waals surface area contributed by atoms with Crippen LogP contribution >= 0.6 is 11.8 Å². The number of hydrogen-bond acceptors (Lipinski definition) is 8. The number of imide groups is 1. The molecule has 0 unspecified atom stereocenters. The predicted octanol–water partition coefficient (Wildman–Crippen LogP) is 3.62. The van der Waals surface area contributed by atoms with Crippen LogP contribution in [0.4, 0.5) is 10.5 Å². The Morgan fingerprint density at radius 2 is 1.93 bits per heavy atom. The molecule has 0 atom stereocenters. The Bertz CT molecular complexity index is 1060. The fraction of sp³-hybridized carbons (Fsp3) is 0.150. The van der Waals surface area contributed by atoms with E-state index in [0.29, 0.717) is 23.9 Å². The SMILES string of the molecule is CCOc1cc(/C=C2/SC(=O)N(CC(=O)c3ccc([N+](=O)[O-])cc3)C2=O)ccc1O. The van der Waals surface area contributed by atoms with Gasteiger partial charge in [-0.05, 0) is 54.6 Å². The van der Waals surface area contributed by atoms with Gasteiger partial charge in [0.25, 0.3) is 16.8 Å². The number of thioether (sulfide) groups is 1. The van der Waals surface area contributed by atoms with Crippen molar-refractivity contribution in [2.75, 3.05) is 13.2 Å². The van der Waals surface area contributed by atoms with Gasteiger partial charge in [-0.25, -0.2) is 0 Å². The molecule has 30 heavy (non-hydrogen) atoms. The lowest BCUT2D eigenvalue weighted by Crippen LogP contribution is -2.33. The standard InChI is InChI=1S/C20H16N2O7S/c1-2-29-17-9-12(3-8-15(17)23)10-18-19(25)21(20(26)30-18)11-16(24)13-4-6-14(7-5-13)22(27)28/h3-10,23H,2,11H2,1H3/b18-10+. The fourth-order valence-electron chi connectivity index (χ4n) is 2.68. The molecule has 3 rings (SSSR count). The summed E-state index contributed by atoms with van der Waals surface area (Å²) in [5.74, 6) is -0.933. The number of amides is 2. The number of hydrogen-bond donors (Lipinski definition) is 1. The number of phenolic OH excluding ortho intramolecular Hbond substituents is 1. The van der Waals surface area contributed by atoms with E-state index in [1.54, 1.807) is 13.0 Å². The largest absolute Gasteiger partial charge is 0.504 e. The molecule has 2 amide bonds. The highest BCUT2D eigenvalue weighted by atomic mass is 32.2. The van der Waals surface area contributed by atoms with E-state index < -0.39 is 28.4 Å². The number of nitro groups is 1. The third-order valence-corrected chi connectivity index (χ3v) is 5.06. The molecule has 1 aliphatic heterocycles. The fourth-order valence-corrected chi connectivity index (χ4v) is 3.52. The Kier molecular flexibility index (Phi) is 6.17. The summed E-state index contributed by atoms with van der Waals surface area (Å²) >= 11 is 0.697. The molecule has 0 aromatic heterocycles. The van der Waals surface area contributed by atoms with Crippen molar-refractivity contribution in [1.29, 1.82) is 0 Å². The minimum absolute atomic E-state index is 0.0456. The van der Waals surface area contributed by atoms with Gasteiger partial charge in [0, 0.05) is 17.7 Å². The van der Waals surface area contributed by atoms with E-state index in [1.165, 1.54) is 42.5 Å². The second-order valence-corrected chi connectivity index (χ2v) is 7.15. The minimum Gasteiger partial charge on any atom is -0.504 e. The van der Waals surface area contributed by atoms with Crippen LogP contribution in [-0.4, -0.2) is 45.0 Å². The number of carbonyl (C=O) groups excluding carboxylic acids is 3. The van der Waals surface area contributed by atoms with Gasteiger partial charge in [-0.2, -0.15) is 0 Å². The van der Waals surface area contributed by atoms with Crippen molar-refractivity contribution in [2.45, 2.75) is 6.92 Å². The zero-order chi connectivity index (χ0) is 21.8. The molecule has 10 heteroatoms. The van der Waals surface area contributed by atoms with Crippen LogP contribution in [0.1, 0.15) is 22.8 Å². The number of aromatic hydroxyl groups is 1. The van der Waals surface area contributed by atoms with Crippen LogP contribution in [0, 0.1) is 10.1 Å². The summed E-state index contributed by atoms with van der Waals surface area (Å²) in [5.41, 5.74) is 0.535. The summed E-state index contributed by atoms with van der Waals surface area (Å²) in [6.07, 6.45) is 1.48. The molecule has 2 aromatic carbocycles. The van der Waals surface area contributed by atoms with Gasteiger partial charge >= 0.3 is 0 Å². The van der Waals surface area contributed by atoms with E-state index in [9.17, 15) is 29.6 Å². The van der Waals surface area contributed by atoms with Crippen molar-refractivity contribution in [1.82, 2.24) is 4.90 Å². The van der Waals surface area contributed by atoms with Crippen molar-refractivity contribution >= 4 is 40.5 Å². The van der Waals surface area contributed by atoms with E-state index in [4.69, 9.17) is 4.74 Å². The molecule has 9 nitrogen and oxygen atoms in total. The molecule has 1 fully saturated rings. The number of benzene rings is 2. The van der Waals surface area contributed by atoms with Crippen molar-refractivity contribution in [2.24, 2.45) is 0 Å². The van der Waals surface area contributed by atoms with Crippen LogP contribution < -0.4 is 4.74 Å². The first-order valence-electron chi connectivity index (χ1n) is 8.79. The molecule has 0 bridgehead atoms. The van der Waals surface area contributed by atoms with Gasteiger partial charge in [0.05, 0.1) is 23.0 Å². The topological polar surface area (TPSA) is 127 Å². The van der Waals surface area contributed by atoms with Gasteiger partial charge in [-0.3, -0.25) is 29.4 Å². The zero-order valence-corrected chi connectivity index (χ0v) is 16.5. The van der Waals surface area contributed by atoms with Crippen molar-refractivity contribution in [3.8, 4) is 11.5 Å². The number of rotatable bonds is 7. The van der Waals surface area contributed by atoms with E-state index in [2.05, 4.69) is 0 Å². The minimum atomic E-state index is -0.619. The van der Waals surface area contributed by atoms with Crippen LogP contribution in [0.15, 0.2) is 47.4 Å². The summed E-state index contributed by atoms with van der Waals surface area (Å²) in [6, 6.07) is 9.44. The maximum Gasteiger partial charge on any atom is 0.293 e. The number of non-ortho nitro benzene ring substituents is 1. The van der Waals surface area contributed by atoms with Gasteiger partial charge < -0.3 is 9.84 Å². The highest BCUT2D eigenvalue weighted by Gasteiger charge is 2.36. The quantitative estimate of drug-likeness (QED) is 0.307. The van der Waals surface area contributed by atoms with Crippen molar-refractivity contribution < 1.29 is 29.2 Å². The van der Waals surface area contributed by atoms with Crippen molar-refractivity contribution in [3.05, 3.63) is 68.6 Å². The number of ketones is 1. The number of Topliss-reactive ketones (excluding diaryl/α,β-unsaturated/α-hetero) is 1. The van der Waals surface area contributed by atoms with Gasteiger partial charge in [0.2, 0.25) is 0 Å². The number of nitro benzene ring substituents is 1. The van der Waals surface area contributed by atoms with Crippen LogP contribution in [-0.2, 0) is 4.79 Å². The molecule has 0 spiro atoms. The average molecular weight is 428 g/mol. The van der Waals surface area contributed by atoms with E-state index >= 15 is 0 Å². The Labute approximate surface area is 175 Å². The number of ether oxygens (including phenoxy) is 1. The highest BCUT2D eigenvalue weighted by Crippen LogP contribution is 2.34. The number of carbonyl (C=O) groups is 3. The smallest absolute Gasteiger partial charge is 0.293 e. The van der Waals surface area contributed by atoms with Gasteiger partial charge in [-0.1, -0.05) is 6.07 Å². The molecule has 154 valence electrons. The first-order chi connectivity index (χ1) is 14.3. The van der Waals surface area contributed by atoms with Crippen LogP contribution in [0.3, 0.4) is 0 Å². The van der Waals surface area contributed by atoms with Crippen LogP contribution in [0.25, 0.3) is 6.08 Å². The van der Waals surface area contributed by atoms with Crippen LogP contribution in [0.5, 0.6) is 11.5 Å².